The SMILES string of the molecule is Cc1ccc(C(=O)NC2C(C)(C)C(Oc3cc(C)c(C#N)c(C)c3)C2(C)C)nc1. The Bertz CT molecular complexity index is 945. The quantitative estimate of drug-likeness (QED) is 0.833. The molecule has 3 rings (SSSR count). The number of amides is 1. The summed E-state index contributed by atoms with van der Waals surface area (Å²) in [6.45, 7) is 14.2. The largest absolute Gasteiger partial charge is 0.489 e. The summed E-state index contributed by atoms with van der Waals surface area (Å²) in [5, 5.41) is 12.5. The molecule has 0 atom stereocenters. The Morgan fingerprint density at radius 2 is 1.69 bits per heavy atom. The summed E-state index contributed by atoms with van der Waals surface area (Å²) in [6, 6.07) is 9.66. The van der Waals surface area contributed by atoms with E-state index >= 15 is 0 Å². The molecule has 1 N–H and O–H groups in total. The number of nitriles is 1. The van der Waals surface area contributed by atoms with Crippen molar-refractivity contribution in [1.29, 1.82) is 5.26 Å². The molecule has 1 amide bonds. The van der Waals surface area contributed by atoms with E-state index in [0.717, 1.165) is 22.4 Å². The van der Waals surface area contributed by atoms with Crippen LogP contribution in [0.1, 0.15) is 60.4 Å². The maximum atomic E-state index is 12.7. The first-order valence-corrected chi connectivity index (χ1v) is 9.90. The zero-order valence-corrected chi connectivity index (χ0v) is 18.3. The molecular weight excluding hydrogens is 362 g/mol. The molecule has 29 heavy (non-hydrogen) atoms. The molecule has 0 aliphatic heterocycles. The van der Waals surface area contributed by atoms with Gasteiger partial charge in [-0.25, -0.2) is 0 Å². The number of pyridine rings is 1. The Labute approximate surface area is 173 Å². The van der Waals surface area contributed by atoms with Gasteiger partial charge in [-0.3, -0.25) is 9.78 Å². The van der Waals surface area contributed by atoms with Crippen LogP contribution in [0.25, 0.3) is 0 Å². The lowest BCUT2D eigenvalue weighted by molar-refractivity contribution is -0.164. The van der Waals surface area contributed by atoms with E-state index in [-0.39, 0.29) is 28.9 Å². The van der Waals surface area contributed by atoms with Crippen molar-refractivity contribution in [3.63, 3.8) is 0 Å². The van der Waals surface area contributed by atoms with Crippen LogP contribution in [-0.2, 0) is 0 Å². The fourth-order valence-electron chi connectivity index (χ4n) is 4.91. The fraction of sp³-hybridized carbons (Fsp3) is 0.458. The lowest BCUT2D eigenvalue weighted by atomic mass is 9.49. The minimum absolute atomic E-state index is 0.0591. The van der Waals surface area contributed by atoms with Crippen LogP contribution < -0.4 is 10.1 Å². The fourth-order valence-corrected chi connectivity index (χ4v) is 4.91. The number of rotatable bonds is 4. The van der Waals surface area contributed by atoms with E-state index in [0.29, 0.717) is 11.3 Å². The molecule has 2 aromatic rings. The second kappa shape index (κ2) is 7.18. The first kappa shape index (κ1) is 20.9. The Balaban J connectivity index is 1.79. The summed E-state index contributed by atoms with van der Waals surface area (Å²) in [6.07, 6.45) is 1.62. The van der Waals surface area contributed by atoms with Crippen molar-refractivity contribution in [2.24, 2.45) is 10.8 Å². The van der Waals surface area contributed by atoms with Crippen molar-refractivity contribution in [3.8, 4) is 11.8 Å². The van der Waals surface area contributed by atoms with Crippen molar-refractivity contribution in [2.75, 3.05) is 0 Å². The summed E-state index contributed by atoms with van der Waals surface area (Å²) in [5.41, 5.74) is 3.43. The topological polar surface area (TPSA) is 75.0 Å². The molecule has 0 bridgehead atoms. The van der Waals surface area contributed by atoms with Crippen molar-refractivity contribution in [3.05, 3.63) is 58.4 Å². The summed E-state index contributed by atoms with van der Waals surface area (Å²) < 4.78 is 6.40. The highest BCUT2D eigenvalue weighted by molar-refractivity contribution is 5.92. The van der Waals surface area contributed by atoms with Crippen LogP contribution in [0.4, 0.5) is 0 Å². The van der Waals surface area contributed by atoms with Gasteiger partial charge >= 0.3 is 0 Å². The van der Waals surface area contributed by atoms with Crippen LogP contribution in [0, 0.1) is 42.9 Å². The second-order valence-electron chi connectivity index (χ2n) is 9.31. The van der Waals surface area contributed by atoms with E-state index in [9.17, 15) is 10.1 Å². The molecule has 152 valence electrons. The molecular formula is C24H29N3O2. The molecule has 1 fully saturated rings. The Morgan fingerprint density at radius 1 is 1.10 bits per heavy atom. The third-order valence-electron chi connectivity index (χ3n) is 6.13. The average Bonchev–Trinajstić information content (AvgIpc) is 2.64. The lowest BCUT2D eigenvalue weighted by Crippen LogP contribution is -2.74. The summed E-state index contributed by atoms with van der Waals surface area (Å²) in [4.78, 5) is 17.0. The van der Waals surface area contributed by atoms with Crippen LogP contribution >= 0.6 is 0 Å². The van der Waals surface area contributed by atoms with Crippen molar-refractivity contribution in [1.82, 2.24) is 10.3 Å². The number of hydrogen-bond acceptors (Lipinski definition) is 4. The molecule has 1 heterocycles. The third kappa shape index (κ3) is 3.60. The first-order valence-electron chi connectivity index (χ1n) is 9.90. The molecule has 1 aliphatic carbocycles. The second-order valence-corrected chi connectivity index (χ2v) is 9.31. The van der Waals surface area contributed by atoms with Crippen LogP contribution in [0.2, 0.25) is 0 Å². The maximum absolute atomic E-state index is 12.7. The Kier molecular flexibility index (Phi) is 5.17. The summed E-state index contributed by atoms with van der Waals surface area (Å²) >= 11 is 0. The van der Waals surface area contributed by atoms with Gasteiger partial charge in [0.2, 0.25) is 0 Å². The average molecular weight is 392 g/mol. The Morgan fingerprint density at radius 3 is 2.17 bits per heavy atom. The van der Waals surface area contributed by atoms with Gasteiger partial charge in [0.05, 0.1) is 11.6 Å². The summed E-state index contributed by atoms with van der Waals surface area (Å²) in [7, 11) is 0. The van der Waals surface area contributed by atoms with Gasteiger partial charge in [0.1, 0.15) is 17.5 Å². The number of nitrogens with one attached hydrogen (secondary N) is 1. The number of nitrogens with zero attached hydrogens (tertiary/aromatic N) is 2. The Hall–Kier alpha value is -2.87. The predicted molar refractivity (Wildman–Crippen MR) is 113 cm³/mol. The molecule has 1 saturated carbocycles. The zero-order chi connectivity index (χ0) is 21.6. The molecule has 0 radical (unpaired) electrons. The number of hydrogen-bond donors (Lipinski definition) is 1. The maximum Gasteiger partial charge on any atom is 0.270 e. The van der Waals surface area contributed by atoms with Gasteiger partial charge in [0, 0.05) is 23.1 Å². The zero-order valence-electron chi connectivity index (χ0n) is 18.3. The van der Waals surface area contributed by atoms with Gasteiger partial charge < -0.3 is 10.1 Å². The van der Waals surface area contributed by atoms with Crippen LogP contribution in [0.15, 0.2) is 30.5 Å². The molecule has 0 unspecified atom stereocenters. The van der Waals surface area contributed by atoms with Gasteiger partial charge in [-0.2, -0.15) is 5.26 Å². The summed E-state index contributed by atoms with van der Waals surface area (Å²) in [5.74, 6) is 0.592. The van der Waals surface area contributed by atoms with Gasteiger partial charge in [-0.1, -0.05) is 33.8 Å². The standard InChI is InChI=1S/C24H29N3O2/c1-14-8-9-19(26-13-14)20(28)27-21-23(4,5)22(24(21,6)7)29-17-10-15(2)18(12-25)16(3)11-17/h8-11,13,21-22H,1-7H3,(H,27,28). The van der Waals surface area contributed by atoms with Crippen LogP contribution in [0.3, 0.4) is 0 Å². The normalized spacial score (nSPS) is 21.6. The monoisotopic (exact) mass is 391 g/mol. The highest BCUT2D eigenvalue weighted by Gasteiger charge is 2.64. The highest BCUT2D eigenvalue weighted by atomic mass is 16.5. The van der Waals surface area contributed by atoms with Gasteiger partial charge in [0.25, 0.3) is 5.91 Å². The number of aromatic nitrogens is 1. The van der Waals surface area contributed by atoms with E-state index in [4.69, 9.17) is 4.74 Å². The molecule has 1 aliphatic rings. The van der Waals surface area contributed by atoms with Crippen molar-refractivity contribution in [2.45, 2.75) is 60.6 Å². The molecule has 5 nitrogen and oxygen atoms in total. The van der Waals surface area contributed by atoms with Gasteiger partial charge in [0.15, 0.2) is 0 Å². The lowest BCUT2D eigenvalue weighted by Gasteiger charge is -2.63. The van der Waals surface area contributed by atoms with E-state index in [1.807, 2.05) is 39.0 Å². The van der Waals surface area contributed by atoms with Crippen LogP contribution in [-0.4, -0.2) is 23.0 Å². The molecule has 5 heteroatoms. The molecule has 1 aromatic heterocycles. The van der Waals surface area contributed by atoms with Gasteiger partial charge in [-0.15, -0.1) is 0 Å². The smallest absolute Gasteiger partial charge is 0.270 e. The number of benzene rings is 1. The minimum atomic E-state index is -0.264. The van der Waals surface area contributed by atoms with Crippen LogP contribution in [0.5, 0.6) is 5.75 Å². The first-order chi connectivity index (χ1) is 13.5. The van der Waals surface area contributed by atoms with Crippen molar-refractivity contribution >= 4 is 5.91 Å². The van der Waals surface area contributed by atoms with Crippen molar-refractivity contribution < 1.29 is 9.53 Å². The predicted octanol–water partition coefficient (Wildman–Crippen LogP) is 4.49. The van der Waals surface area contributed by atoms with Gasteiger partial charge in [-0.05, 0) is 55.7 Å². The molecule has 0 saturated heterocycles. The van der Waals surface area contributed by atoms with E-state index in [2.05, 4.69) is 44.1 Å². The highest BCUT2D eigenvalue weighted by Crippen LogP contribution is 2.55. The van der Waals surface area contributed by atoms with E-state index in [1.165, 1.54) is 0 Å². The minimum Gasteiger partial charge on any atom is -0.489 e. The number of aryl methyl sites for hydroxylation is 3. The number of ether oxygens (including phenoxy) is 1. The number of carbonyl (C=O) groups is 1. The van der Waals surface area contributed by atoms with E-state index < -0.39 is 0 Å². The molecule has 1 aromatic carbocycles. The molecule has 0 spiro atoms. The number of carbonyl (C=O) groups excluding carboxylic acids is 1. The third-order valence-corrected chi connectivity index (χ3v) is 6.13. The van der Waals surface area contributed by atoms with E-state index in [1.54, 1.807) is 12.3 Å².